The molecular weight excluding hydrogens is 336 g/mol. The molecule has 0 saturated heterocycles. The van der Waals surface area contributed by atoms with Crippen molar-refractivity contribution in [3.05, 3.63) is 50.9 Å². The van der Waals surface area contributed by atoms with Gasteiger partial charge in [0.1, 0.15) is 17.2 Å². The highest BCUT2D eigenvalue weighted by atomic mass is 32.1. The van der Waals surface area contributed by atoms with Gasteiger partial charge in [0, 0.05) is 17.4 Å². The van der Waals surface area contributed by atoms with Gasteiger partial charge in [-0.2, -0.15) is 0 Å². The standard InChI is InChI=1S/C19H20N2O3S/c1-4-5-15-20-18-17(19(24)21(15)9-16(22)23)14(10-25-18)13-7-6-11(2)12(3)8-13/h6-8,10H,4-5,9H2,1-3H3,(H,22,23). The molecule has 0 spiro atoms. The van der Waals surface area contributed by atoms with Crippen molar-refractivity contribution in [3.63, 3.8) is 0 Å². The third-order valence-corrected chi connectivity index (χ3v) is 5.23. The lowest BCUT2D eigenvalue weighted by Gasteiger charge is -2.10. The zero-order chi connectivity index (χ0) is 18.1. The summed E-state index contributed by atoms with van der Waals surface area (Å²) in [6.07, 6.45) is 1.38. The van der Waals surface area contributed by atoms with Crippen molar-refractivity contribution in [1.82, 2.24) is 9.55 Å². The van der Waals surface area contributed by atoms with Gasteiger partial charge in [0.05, 0.1) is 5.39 Å². The largest absolute Gasteiger partial charge is 0.480 e. The fourth-order valence-electron chi connectivity index (χ4n) is 2.90. The van der Waals surface area contributed by atoms with E-state index in [0.29, 0.717) is 22.5 Å². The number of thiophene rings is 1. The molecule has 0 bridgehead atoms. The Kier molecular flexibility index (Phi) is 4.72. The number of benzene rings is 1. The van der Waals surface area contributed by atoms with Gasteiger partial charge in [0.25, 0.3) is 5.56 Å². The summed E-state index contributed by atoms with van der Waals surface area (Å²) in [6.45, 7) is 5.70. The first-order valence-corrected chi connectivity index (χ1v) is 9.10. The lowest BCUT2D eigenvalue weighted by molar-refractivity contribution is -0.137. The van der Waals surface area contributed by atoms with Crippen LogP contribution in [-0.2, 0) is 17.8 Å². The summed E-state index contributed by atoms with van der Waals surface area (Å²) in [5.74, 6) is -0.501. The third kappa shape index (κ3) is 3.22. The number of carboxylic acids is 1. The molecule has 6 heteroatoms. The van der Waals surface area contributed by atoms with E-state index in [1.165, 1.54) is 21.5 Å². The first-order valence-electron chi connectivity index (χ1n) is 8.22. The molecule has 0 fully saturated rings. The van der Waals surface area contributed by atoms with Crippen LogP contribution in [0.5, 0.6) is 0 Å². The number of hydrogen-bond acceptors (Lipinski definition) is 4. The highest BCUT2D eigenvalue weighted by Gasteiger charge is 2.18. The third-order valence-electron chi connectivity index (χ3n) is 4.36. The second-order valence-corrected chi connectivity index (χ2v) is 7.05. The van der Waals surface area contributed by atoms with Gasteiger partial charge in [-0.3, -0.25) is 14.2 Å². The number of fused-ring (bicyclic) bond motifs is 1. The quantitative estimate of drug-likeness (QED) is 0.755. The summed E-state index contributed by atoms with van der Waals surface area (Å²) >= 11 is 1.43. The van der Waals surface area contributed by atoms with Gasteiger partial charge >= 0.3 is 5.97 Å². The van der Waals surface area contributed by atoms with Crippen molar-refractivity contribution in [2.24, 2.45) is 0 Å². The minimum Gasteiger partial charge on any atom is -0.480 e. The second kappa shape index (κ2) is 6.80. The molecule has 1 N–H and O–H groups in total. The molecule has 3 aromatic rings. The molecule has 0 unspecified atom stereocenters. The highest BCUT2D eigenvalue weighted by molar-refractivity contribution is 7.17. The predicted molar refractivity (Wildman–Crippen MR) is 100 cm³/mol. The SMILES string of the molecule is CCCc1nc2scc(-c3ccc(C)c(C)c3)c2c(=O)n1CC(=O)O. The molecule has 0 saturated carbocycles. The van der Waals surface area contributed by atoms with Crippen molar-refractivity contribution in [1.29, 1.82) is 0 Å². The molecule has 5 nitrogen and oxygen atoms in total. The summed E-state index contributed by atoms with van der Waals surface area (Å²) in [4.78, 5) is 29.5. The van der Waals surface area contributed by atoms with E-state index in [4.69, 9.17) is 0 Å². The topological polar surface area (TPSA) is 72.2 Å². The van der Waals surface area contributed by atoms with Crippen LogP contribution in [0.15, 0.2) is 28.4 Å². The first-order chi connectivity index (χ1) is 11.9. The van der Waals surface area contributed by atoms with Crippen molar-refractivity contribution in [3.8, 4) is 11.1 Å². The molecular formula is C19H20N2O3S. The Balaban J connectivity index is 2.27. The van der Waals surface area contributed by atoms with Crippen LogP contribution in [-0.4, -0.2) is 20.6 Å². The lowest BCUT2D eigenvalue weighted by atomic mass is 10.0. The zero-order valence-electron chi connectivity index (χ0n) is 14.5. The maximum atomic E-state index is 13.0. The molecule has 0 aliphatic carbocycles. The van der Waals surface area contributed by atoms with Gasteiger partial charge in [-0.25, -0.2) is 4.98 Å². The minimum absolute atomic E-state index is 0.273. The average molecular weight is 356 g/mol. The van der Waals surface area contributed by atoms with Gasteiger partial charge in [-0.05, 0) is 37.0 Å². The first kappa shape index (κ1) is 17.4. The van der Waals surface area contributed by atoms with Crippen molar-refractivity contribution < 1.29 is 9.90 Å². The van der Waals surface area contributed by atoms with Crippen LogP contribution < -0.4 is 5.56 Å². The Bertz CT molecular complexity index is 1020. The Labute approximate surface area is 149 Å². The second-order valence-electron chi connectivity index (χ2n) is 6.19. The molecule has 0 atom stereocenters. The maximum Gasteiger partial charge on any atom is 0.323 e. The Morgan fingerprint density at radius 1 is 1.28 bits per heavy atom. The number of carbonyl (C=O) groups is 1. The summed E-state index contributed by atoms with van der Waals surface area (Å²) in [6, 6.07) is 6.07. The molecule has 3 rings (SSSR count). The molecule has 0 amide bonds. The van der Waals surface area contributed by atoms with Gasteiger partial charge in [-0.15, -0.1) is 11.3 Å². The van der Waals surface area contributed by atoms with Crippen LogP contribution in [0, 0.1) is 13.8 Å². The molecule has 25 heavy (non-hydrogen) atoms. The predicted octanol–water partition coefficient (Wildman–Crippen LogP) is 3.78. The molecule has 2 heterocycles. The van der Waals surface area contributed by atoms with Crippen LogP contribution in [0.2, 0.25) is 0 Å². The van der Waals surface area contributed by atoms with E-state index in [0.717, 1.165) is 23.1 Å². The van der Waals surface area contributed by atoms with Crippen molar-refractivity contribution >= 4 is 27.5 Å². The van der Waals surface area contributed by atoms with E-state index in [1.54, 1.807) is 0 Å². The van der Waals surface area contributed by atoms with E-state index in [-0.39, 0.29) is 12.1 Å². The summed E-state index contributed by atoms with van der Waals surface area (Å²) in [5.41, 5.74) is 3.85. The number of aliphatic carboxylic acids is 1. The number of hydrogen-bond donors (Lipinski definition) is 1. The van der Waals surface area contributed by atoms with Crippen LogP contribution in [0.3, 0.4) is 0 Å². The average Bonchev–Trinajstić information content (AvgIpc) is 2.98. The smallest absolute Gasteiger partial charge is 0.323 e. The molecule has 0 aliphatic rings. The summed E-state index contributed by atoms with van der Waals surface area (Å²) in [7, 11) is 0. The van der Waals surface area contributed by atoms with Crippen molar-refractivity contribution in [2.45, 2.75) is 40.2 Å². The van der Waals surface area contributed by atoms with Gasteiger partial charge in [-0.1, -0.05) is 25.1 Å². The van der Waals surface area contributed by atoms with Gasteiger partial charge in [0.15, 0.2) is 0 Å². The number of rotatable bonds is 5. The molecule has 130 valence electrons. The fraction of sp³-hybridized carbons (Fsp3) is 0.316. The minimum atomic E-state index is -1.04. The zero-order valence-corrected chi connectivity index (χ0v) is 15.3. The van der Waals surface area contributed by atoms with E-state index < -0.39 is 5.97 Å². The van der Waals surface area contributed by atoms with Crippen LogP contribution in [0.1, 0.15) is 30.3 Å². The Hall–Kier alpha value is -2.47. The maximum absolute atomic E-state index is 13.0. The lowest BCUT2D eigenvalue weighted by Crippen LogP contribution is -2.28. The number of aromatic nitrogens is 2. The Morgan fingerprint density at radius 3 is 2.68 bits per heavy atom. The monoisotopic (exact) mass is 356 g/mol. The molecule has 0 radical (unpaired) electrons. The highest BCUT2D eigenvalue weighted by Crippen LogP contribution is 2.32. The van der Waals surface area contributed by atoms with Crippen LogP contribution in [0.4, 0.5) is 0 Å². The van der Waals surface area contributed by atoms with E-state index in [2.05, 4.69) is 11.1 Å². The van der Waals surface area contributed by atoms with Gasteiger partial charge in [0.2, 0.25) is 0 Å². The fourth-order valence-corrected chi connectivity index (χ4v) is 3.86. The van der Waals surface area contributed by atoms with E-state index in [9.17, 15) is 14.7 Å². The molecule has 2 aromatic heterocycles. The van der Waals surface area contributed by atoms with Crippen LogP contribution in [0.25, 0.3) is 21.3 Å². The normalized spacial score (nSPS) is 11.2. The summed E-state index contributed by atoms with van der Waals surface area (Å²) < 4.78 is 1.30. The Morgan fingerprint density at radius 2 is 2.04 bits per heavy atom. The van der Waals surface area contributed by atoms with Gasteiger partial charge < -0.3 is 5.11 Å². The van der Waals surface area contributed by atoms with Crippen molar-refractivity contribution in [2.75, 3.05) is 0 Å². The number of carboxylic acid groups (broad SMARTS) is 1. The number of aryl methyl sites for hydroxylation is 3. The van der Waals surface area contributed by atoms with Crippen LogP contribution >= 0.6 is 11.3 Å². The number of nitrogens with zero attached hydrogens (tertiary/aromatic N) is 2. The molecule has 0 aliphatic heterocycles. The van der Waals surface area contributed by atoms with E-state index in [1.807, 2.05) is 38.3 Å². The summed E-state index contributed by atoms with van der Waals surface area (Å²) in [5, 5.41) is 11.6. The molecule has 1 aromatic carbocycles. The van der Waals surface area contributed by atoms with E-state index >= 15 is 0 Å².